The van der Waals surface area contributed by atoms with E-state index in [-0.39, 0.29) is 11.8 Å². The molecule has 1 N–H and O–H groups in total. The lowest BCUT2D eigenvalue weighted by Crippen LogP contribution is -2.40. The first-order valence-electron chi connectivity index (χ1n) is 12.4. The fourth-order valence-corrected chi connectivity index (χ4v) is 4.85. The lowest BCUT2D eigenvalue weighted by molar-refractivity contribution is -0.132. The van der Waals surface area contributed by atoms with Crippen LogP contribution < -0.4 is 5.32 Å². The van der Waals surface area contributed by atoms with Gasteiger partial charge in [-0.2, -0.15) is 0 Å². The number of carbonyl (C=O) groups excluding carboxylic acids is 2. The van der Waals surface area contributed by atoms with Crippen LogP contribution in [0.5, 0.6) is 0 Å². The number of hydrogen-bond acceptors (Lipinski definition) is 3. The van der Waals surface area contributed by atoms with Crippen LogP contribution in [0, 0.1) is 5.92 Å². The molecule has 0 unspecified atom stereocenters. The maximum absolute atomic E-state index is 12.8. The summed E-state index contributed by atoms with van der Waals surface area (Å²) in [7, 11) is 0. The van der Waals surface area contributed by atoms with Crippen molar-refractivity contribution in [2.75, 3.05) is 19.6 Å². The number of benzene rings is 2. The summed E-state index contributed by atoms with van der Waals surface area (Å²) in [5.41, 5.74) is 3.57. The van der Waals surface area contributed by atoms with E-state index in [1.54, 1.807) is 18.5 Å². The Morgan fingerprint density at radius 1 is 0.943 bits per heavy atom. The molecule has 0 bridgehead atoms. The number of hydrogen-bond donors (Lipinski definition) is 1. The number of likely N-dealkylation sites (tertiary alicyclic amines) is 1. The molecule has 0 aliphatic carbocycles. The zero-order valence-electron chi connectivity index (χ0n) is 20.1. The van der Waals surface area contributed by atoms with Gasteiger partial charge in [-0.1, -0.05) is 66.7 Å². The number of pyridine rings is 1. The minimum atomic E-state index is -0.157. The van der Waals surface area contributed by atoms with Crippen LogP contribution in [0.4, 0.5) is 0 Å². The summed E-state index contributed by atoms with van der Waals surface area (Å²) in [5, 5.41) is 2.85. The van der Waals surface area contributed by atoms with Crippen LogP contribution in [0.25, 0.3) is 6.08 Å². The summed E-state index contributed by atoms with van der Waals surface area (Å²) in [6.45, 7) is 2.07. The van der Waals surface area contributed by atoms with E-state index in [2.05, 4.69) is 71.0 Å². The highest BCUT2D eigenvalue weighted by Crippen LogP contribution is 2.38. The van der Waals surface area contributed by atoms with Gasteiger partial charge in [0.05, 0.1) is 0 Å². The van der Waals surface area contributed by atoms with Gasteiger partial charge in [0.2, 0.25) is 11.8 Å². The highest BCUT2D eigenvalue weighted by Gasteiger charge is 2.30. The lowest BCUT2D eigenvalue weighted by Gasteiger charge is -2.36. The molecular formula is C30H33N3O2. The molecule has 2 aromatic carbocycles. The molecule has 1 aromatic heterocycles. The van der Waals surface area contributed by atoms with Crippen LogP contribution in [0.1, 0.15) is 48.3 Å². The zero-order valence-corrected chi connectivity index (χ0v) is 20.1. The van der Waals surface area contributed by atoms with Crippen molar-refractivity contribution >= 4 is 17.9 Å². The Morgan fingerprint density at radius 2 is 1.60 bits per heavy atom. The Hall–Kier alpha value is -3.73. The highest BCUT2D eigenvalue weighted by atomic mass is 16.2. The van der Waals surface area contributed by atoms with Crippen molar-refractivity contribution in [2.24, 2.45) is 5.92 Å². The lowest BCUT2D eigenvalue weighted by atomic mass is 9.76. The summed E-state index contributed by atoms with van der Waals surface area (Å²) in [6, 6.07) is 25.1. The monoisotopic (exact) mass is 467 g/mol. The maximum Gasteiger partial charge on any atom is 0.244 e. The molecule has 2 heterocycles. The Balaban J connectivity index is 1.22. The van der Waals surface area contributed by atoms with Gasteiger partial charge in [-0.05, 0) is 54.0 Å². The van der Waals surface area contributed by atoms with Gasteiger partial charge in [-0.3, -0.25) is 14.6 Å². The average molecular weight is 468 g/mol. The van der Waals surface area contributed by atoms with E-state index in [1.807, 2.05) is 17.0 Å². The molecule has 180 valence electrons. The van der Waals surface area contributed by atoms with Crippen molar-refractivity contribution < 1.29 is 9.59 Å². The number of nitrogens with zero attached hydrogens (tertiary/aromatic N) is 2. The number of amides is 2. The van der Waals surface area contributed by atoms with Crippen molar-refractivity contribution in [2.45, 2.75) is 31.6 Å². The quantitative estimate of drug-likeness (QED) is 0.353. The highest BCUT2D eigenvalue weighted by molar-refractivity contribution is 5.91. The van der Waals surface area contributed by atoms with Crippen LogP contribution in [-0.2, 0) is 9.59 Å². The Labute approximate surface area is 207 Å². The van der Waals surface area contributed by atoms with Crippen LogP contribution in [0.2, 0.25) is 0 Å². The molecule has 4 rings (SSSR count). The number of carbonyl (C=O) groups is 2. The number of piperidine rings is 1. The van der Waals surface area contributed by atoms with Crippen molar-refractivity contribution in [1.29, 1.82) is 0 Å². The van der Waals surface area contributed by atoms with Gasteiger partial charge >= 0.3 is 0 Å². The molecule has 1 fully saturated rings. The number of aromatic nitrogens is 1. The van der Waals surface area contributed by atoms with Crippen LogP contribution in [-0.4, -0.2) is 41.3 Å². The molecule has 0 saturated carbocycles. The van der Waals surface area contributed by atoms with Gasteiger partial charge in [0.25, 0.3) is 0 Å². The molecule has 0 atom stereocenters. The molecule has 0 spiro atoms. The topological polar surface area (TPSA) is 62.3 Å². The number of rotatable bonds is 9. The third kappa shape index (κ3) is 7.12. The standard InChI is InChI=1S/C30H33N3O2/c34-28(16-15-24-9-7-19-31-23-24)32-20-8-14-29(35)33-21-17-27(18-22-33)30(25-10-3-1-4-11-25)26-12-5-2-6-13-26/h1-7,9-13,15-16,19,23,27,30H,8,14,17-18,20-22H2,(H,32,34). The second-order valence-corrected chi connectivity index (χ2v) is 9.03. The molecule has 5 nitrogen and oxygen atoms in total. The van der Waals surface area contributed by atoms with E-state index in [1.165, 1.54) is 17.2 Å². The predicted molar refractivity (Wildman–Crippen MR) is 140 cm³/mol. The van der Waals surface area contributed by atoms with E-state index in [0.717, 1.165) is 31.5 Å². The predicted octanol–water partition coefficient (Wildman–Crippen LogP) is 5.06. The summed E-state index contributed by atoms with van der Waals surface area (Å²) < 4.78 is 0. The number of nitrogens with one attached hydrogen (secondary N) is 1. The molecular weight excluding hydrogens is 434 g/mol. The first-order chi connectivity index (χ1) is 17.2. The first-order valence-corrected chi connectivity index (χ1v) is 12.4. The smallest absolute Gasteiger partial charge is 0.244 e. The third-order valence-electron chi connectivity index (χ3n) is 6.66. The van der Waals surface area contributed by atoms with E-state index in [9.17, 15) is 9.59 Å². The van der Waals surface area contributed by atoms with E-state index in [0.29, 0.717) is 31.2 Å². The molecule has 1 aliphatic rings. The zero-order chi connectivity index (χ0) is 24.3. The van der Waals surface area contributed by atoms with Gasteiger partial charge in [-0.25, -0.2) is 0 Å². The molecule has 1 aliphatic heterocycles. The normalized spacial score (nSPS) is 14.4. The molecule has 5 heteroatoms. The molecule has 0 radical (unpaired) electrons. The van der Waals surface area contributed by atoms with Crippen LogP contribution in [0.3, 0.4) is 0 Å². The van der Waals surface area contributed by atoms with Crippen LogP contribution >= 0.6 is 0 Å². The van der Waals surface area contributed by atoms with Crippen molar-refractivity contribution in [3.8, 4) is 0 Å². The summed E-state index contributed by atoms with van der Waals surface area (Å²) in [6.07, 6.45) is 9.72. The second kappa shape index (κ2) is 12.7. The Morgan fingerprint density at radius 3 is 2.20 bits per heavy atom. The minimum absolute atomic E-state index is 0.157. The Kier molecular flexibility index (Phi) is 8.82. The van der Waals surface area contributed by atoms with E-state index >= 15 is 0 Å². The summed E-state index contributed by atoms with van der Waals surface area (Å²) in [5.74, 6) is 0.883. The van der Waals surface area contributed by atoms with Crippen molar-refractivity contribution in [3.05, 3.63) is 108 Å². The summed E-state index contributed by atoms with van der Waals surface area (Å²) >= 11 is 0. The SMILES string of the molecule is O=C(C=Cc1cccnc1)NCCCC(=O)N1CCC(C(c2ccccc2)c2ccccc2)CC1. The van der Waals surface area contributed by atoms with Gasteiger partial charge in [0, 0.05) is 50.4 Å². The van der Waals surface area contributed by atoms with Crippen molar-refractivity contribution in [1.82, 2.24) is 15.2 Å². The fraction of sp³-hybridized carbons (Fsp3) is 0.300. The molecule has 1 saturated heterocycles. The Bertz CT molecular complexity index is 1050. The maximum atomic E-state index is 12.8. The molecule has 35 heavy (non-hydrogen) atoms. The van der Waals surface area contributed by atoms with Crippen LogP contribution in [0.15, 0.2) is 91.3 Å². The second-order valence-electron chi connectivity index (χ2n) is 9.03. The average Bonchev–Trinajstić information content (AvgIpc) is 2.92. The van der Waals surface area contributed by atoms with Gasteiger partial charge in [0.1, 0.15) is 0 Å². The molecule has 3 aromatic rings. The van der Waals surface area contributed by atoms with Crippen molar-refractivity contribution in [3.63, 3.8) is 0 Å². The largest absolute Gasteiger partial charge is 0.353 e. The summed E-state index contributed by atoms with van der Waals surface area (Å²) in [4.78, 5) is 30.8. The third-order valence-corrected chi connectivity index (χ3v) is 6.66. The van der Waals surface area contributed by atoms with Gasteiger partial charge in [0.15, 0.2) is 0 Å². The van der Waals surface area contributed by atoms with E-state index in [4.69, 9.17) is 0 Å². The molecule has 2 amide bonds. The minimum Gasteiger partial charge on any atom is -0.353 e. The van der Waals surface area contributed by atoms with Gasteiger partial charge < -0.3 is 10.2 Å². The van der Waals surface area contributed by atoms with E-state index < -0.39 is 0 Å². The first kappa shape index (κ1) is 24.4. The van der Waals surface area contributed by atoms with Gasteiger partial charge in [-0.15, -0.1) is 0 Å². The fourth-order valence-electron chi connectivity index (χ4n) is 4.85.